The molecule has 0 aliphatic carbocycles. The number of benzene rings is 1. The molecule has 12 heteroatoms. The molecule has 4 aromatic rings. The van der Waals surface area contributed by atoms with Crippen molar-refractivity contribution >= 4 is 23.1 Å². The number of nitrogens with zero attached hydrogens (tertiary/aromatic N) is 7. The topological polar surface area (TPSA) is 124 Å². The molecule has 3 aromatic heterocycles. The lowest BCUT2D eigenvalue weighted by Gasteiger charge is -2.33. The first-order chi connectivity index (χ1) is 15.2. The molecular weight excluding hydrogens is 420 g/mol. The van der Waals surface area contributed by atoms with E-state index in [1.807, 2.05) is 29.6 Å². The highest BCUT2D eigenvalue weighted by Gasteiger charge is 2.33. The van der Waals surface area contributed by atoms with Crippen LogP contribution in [0.25, 0.3) is 16.4 Å². The summed E-state index contributed by atoms with van der Waals surface area (Å²) in [7, 11) is 0. The van der Waals surface area contributed by atoms with Crippen molar-refractivity contribution in [1.29, 1.82) is 0 Å². The van der Waals surface area contributed by atoms with Gasteiger partial charge < -0.3 is 19.5 Å². The SMILES string of the molecule is Cc1nnnn1-c1cccc(NC(=O)N2CCOC[C@H]2c2nc(-c3cccs3)no2)c1. The summed E-state index contributed by atoms with van der Waals surface area (Å²) in [6.45, 7) is 2.92. The summed E-state index contributed by atoms with van der Waals surface area (Å²) in [5.41, 5.74) is 1.36. The number of tetrazole rings is 1. The highest BCUT2D eigenvalue weighted by Crippen LogP contribution is 2.28. The molecule has 1 saturated heterocycles. The van der Waals surface area contributed by atoms with E-state index >= 15 is 0 Å². The van der Waals surface area contributed by atoms with Crippen LogP contribution in [-0.2, 0) is 4.74 Å². The van der Waals surface area contributed by atoms with E-state index in [-0.39, 0.29) is 12.6 Å². The van der Waals surface area contributed by atoms with Crippen LogP contribution >= 0.6 is 11.3 Å². The van der Waals surface area contributed by atoms with E-state index in [1.165, 1.54) is 11.3 Å². The minimum Gasteiger partial charge on any atom is -0.377 e. The number of thiophene rings is 1. The fraction of sp³-hybridized carbons (Fsp3) is 0.263. The molecule has 0 radical (unpaired) electrons. The highest BCUT2D eigenvalue weighted by atomic mass is 32.1. The zero-order valence-corrected chi connectivity index (χ0v) is 17.3. The van der Waals surface area contributed by atoms with Gasteiger partial charge in [0.25, 0.3) is 5.89 Å². The number of aromatic nitrogens is 6. The van der Waals surface area contributed by atoms with Crippen LogP contribution in [0, 0.1) is 6.92 Å². The fourth-order valence-corrected chi connectivity index (χ4v) is 3.96. The second kappa shape index (κ2) is 8.24. The maximum absolute atomic E-state index is 13.1. The van der Waals surface area contributed by atoms with Crippen molar-refractivity contribution in [3.8, 4) is 16.4 Å². The van der Waals surface area contributed by atoms with Crippen LogP contribution in [0.15, 0.2) is 46.3 Å². The van der Waals surface area contributed by atoms with E-state index in [4.69, 9.17) is 9.26 Å². The number of ether oxygens (including phenoxy) is 1. The number of carbonyl (C=O) groups excluding carboxylic acids is 1. The van der Waals surface area contributed by atoms with Gasteiger partial charge in [0.05, 0.1) is 23.8 Å². The monoisotopic (exact) mass is 438 g/mol. The maximum atomic E-state index is 13.1. The van der Waals surface area contributed by atoms with E-state index in [1.54, 1.807) is 28.6 Å². The Morgan fingerprint density at radius 2 is 2.23 bits per heavy atom. The molecule has 1 aliphatic heterocycles. The highest BCUT2D eigenvalue weighted by molar-refractivity contribution is 7.13. The van der Waals surface area contributed by atoms with Crippen molar-refractivity contribution in [2.45, 2.75) is 13.0 Å². The predicted octanol–water partition coefficient (Wildman–Crippen LogP) is 2.69. The molecule has 0 saturated carbocycles. The van der Waals surface area contributed by atoms with Crippen molar-refractivity contribution in [3.63, 3.8) is 0 Å². The molecule has 1 aromatic carbocycles. The van der Waals surface area contributed by atoms with Crippen molar-refractivity contribution in [1.82, 2.24) is 35.2 Å². The molecule has 0 spiro atoms. The Labute approximate surface area is 180 Å². The van der Waals surface area contributed by atoms with Gasteiger partial charge in [-0.25, -0.2) is 4.79 Å². The van der Waals surface area contributed by atoms with Gasteiger partial charge in [0.15, 0.2) is 5.82 Å². The average Bonchev–Trinajstić information content (AvgIpc) is 3.55. The Hall–Kier alpha value is -3.64. The van der Waals surface area contributed by atoms with Crippen LogP contribution in [0.2, 0.25) is 0 Å². The number of nitrogens with one attached hydrogen (secondary N) is 1. The number of morpholine rings is 1. The quantitative estimate of drug-likeness (QED) is 0.516. The second-order valence-electron chi connectivity index (χ2n) is 6.84. The van der Waals surface area contributed by atoms with Gasteiger partial charge in [-0.3, -0.25) is 0 Å². The van der Waals surface area contributed by atoms with Crippen LogP contribution in [0.5, 0.6) is 0 Å². The molecule has 0 bridgehead atoms. The van der Waals surface area contributed by atoms with Crippen molar-refractivity contribution in [3.05, 3.63) is 53.5 Å². The van der Waals surface area contributed by atoms with Gasteiger partial charge in [-0.05, 0) is 47.0 Å². The van der Waals surface area contributed by atoms with Gasteiger partial charge in [-0.2, -0.15) is 9.67 Å². The van der Waals surface area contributed by atoms with Crippen molar-refractivity contribution < 1.29 is 14.1 Å². The lowest BCUT2D eigenvalue weighted by Crippen LogP contribution is -2.45. The minimum atomic E-state index is -0.472. The molecule has 4 heterocycles. The molecule has 31 heavy (non-hydrogen) atoms. The smallest absolute Gasteiger partial charge is 0.322 e. The molecule has 0 unspecified atom stereocenters. The average molecular weight is 438 g/mol. The number of anilines is 1. The normalized spacial score (nSPS) is 16.4. The van der Waals surface area contributed by atoms with Gasteiger partial charge in [0, 0.05) is 12.2 Å². The first kappa shape index (κ1) is 19.3. The Balaban J connectivity index is 1.35. The largest absolute Gasteiger partial charge is 0.377 e. The molecule has 2 amide bonds. The Morgan fingerprint density at radius 1 is 1.29 bits per heavy atom. The van der Waals surface area contributed by atoms with E-state index in [0.717, 1.165) is 10.6 Å². The Bertz CT molecular complexity index is 1190. The first-order valence-electron chi connectivity index (χ1n) is 9.57. The van der Waals surface area contributed by atoms with Gasteiger partial charge in [-0.15, -0.1) is 16.4 Å². The number of hydrogen-bond donors (Lipinski definition) is 1. The van der Waals surface area contributed by atoms with Crippen molar-refractivity contribution in [2.24, 2.45) is 0 Å². The van der Waals surface area contributed by atoms with E-state index < -0.39 is 6.04 Å². The Kier molecular flexibility index (Phi) is 5.14. The van der Waals surface area contributed by atoms with Crippen LogP contribution in [0.4, 0.5) is 10.5 Å². The zero-order valence-electron chi connectivity index (χ0n) is 16.5. The number of aryl methyl sites for hydroxylation is 1. The molecule has 5 rings (SSSR count). The third-order valence-electron chi connectivity index (χ3n) is 4.83. The summed E-state index contributed by atoms with van der Waals surface area (Å²) in [5, 5.41) is 20.4. The van der Waals surface area contributed by atoms with Gasteiger partial charge in [0.2, 0.25) is 5.82 Å². The first-order valence-corrected chi connectivity index (χ1v) is 10.5. The summed E-state index contributed by atoms with van der Waals surface area (Å²) < 4.78 is 12.6. The van der Waals surface area contributed by atoms with Gasteiger partial charge in [0.1, 0.15) is 6.04 Å². The third kappa shape index (κ3) is 3.90. The van der Waals surface area contributed by atoms with E-state index in [2.05, 4.69) is 31.0 Å². The van der Waals surface area contributed by atoms with E-state index in [9.17, 15) is 4.79 Å². The summed E-state index contributed by atoms with van der Waals surface area (Å²) in [6, 6.07) is 10.4. The van der Waals surface area contributed by atoms with Crippen LogP contribution < -0.4 is 5.32 Å². The Morgan fingerprint density at radius 3 is 3.03 bits per heavy atom. The number of hydrogen-bond acceptors (Lipinski definition) is 9. The molecule has 1 fully saturated rings. The molecule has 11 nitrogen and oxygen atoms in total. The van der Waals surface area contributed by atoms with Crippen molar-refractivity contribution in [2.75, 3.05) is 25.1 Å². The molecular formula is C19H18N8O3S. The van der Waals surface area contributed by atoms with Crippen LogP contribution in [-0.4, -0.2) is 61.0 Å². The predicted molar refractivity (Wildman–Crippen MR) is 111 cm³/mol. The number of amides is 2. The summed E-state index contributed by atoms with van der Waals surface area (Å²) in [4.78, 5) is 20.1. The maximum Gasteiger partial charge on any atom is 0.322 e. The summed E-state index contributed by atoms with van der Waals surface area (Å²) in [6.07, 6.45) is 0. The molecule has 1 N–H and O–H groups in total. The minimum absolute atomic E-state index is 0.281. The van der Waals surface area contributed by atoms with Gasteiger partial charge in [-0.1, -0.05) is 17.3 Å². The molecule has 158 valence electrons. The fourth-order valence-electron chi connectivity index (χ4n) is 3.31. The van der Waals surface area contributed by atoms with Crippen LogP contribution in [0.1, 0.15) is 17.8 Å². The molecule has 1 atom stereocenters. The van der Waals surface area contributed by atoms with E-state index in [0.29, 0.717) is 36.4 Å². The number of rotatable bonds is 4. The zero-order chi connectivity index (χ0) is 21.2. The standard InChI is InChI=1S/C19H18N8O3S/c1-12-22-24-25-27(12)14-5-2-4-13(10-14)20-19(28)26-7-8-29-11-15(26)18-21-17(23-30-18)16-6-3-9-31-16/h2-6,9-10,15H,7-8,11H2,1H3,(H,20,28)/t15-/m0/s1. The molecule has 1 aliphatic rings. The summed E-state index contributed by atoms with van der Waals surface area (Å²) >= 11 is 1.52. The summed E-state index contributed by atoms with van der Waals surface area (Å²) in [5.74, 6) is 1.49. The third-order valence-corrected chi connectivity index (χ3v) is 5.69. The number of urea groups is 1. The second-order valence-corrected chi connectivity index (χ2v) is 7.78. The van der Waals surface area contributed by atoms with Gasteiger partial charge >= 0.3 is 6.03 Å². The lowest BCUT2D eigenvalue weighted by atomic mass is 10.2. The van der Waals surface area contributed by atoms with Crippen LogP contribution in [0.3, 0.4) is 0 Å². The number of carbonyl (C=O) groups is 1. The lowest BCUT2D eigenvalue weighted by molar-refractivity contribution is 0.00349.